The van der Waals surface area contributed by atoms with Crippen LogP contribution in [-0.4, -0.2) is 365 Å². The van der Waals surface area contributed by atoms with Crippen molar-refractivity contribution in [3.05, 3.63) is 0 Å². The summed E-state index contributed by atoms with van der Waals surface area (Å²) in [6, 6.07) is 0. The fourth-order valence-electron chi connectivity index (χ4n) is 7.21. The Labute approximate surface area is 694 Å². The summed E-state index contributed by atoms with van der Waals surface area (Å²) in [7, 11) is 0. The molecule has 4 radical (unpaired) electrons. The Balaban J connectivity index is -0.0000000932. The summed E-state index contributed by atoms with van der Waals surface area (Å²) in [6.45, 7) is -16.3. The molecule has 0 unspecified atom stereocenters. The summed E-state index contributed by atoms with van der Waals surface area (Å²) < 4.78 is 0. The van der Waals surface area contributed by atoms with Gasteiger partial charge in [0.25, 0.3) is 0 Å². The Morgan fingerprint density at radius 2 is 0.157 bits per heavy atom. The van der Waals surface area contributed by atoms with Crippen LogP contribution in [0.3, 0.4) is 0 Å². The molecule has 0 N–H and O–H groups in total. The Bertz CT molecular complexity index is 2040. The molecule has 108 heavy (non-hydrogen) atoms. The molecule has 0 spiro atoms. The predicted molar refractivity (Wildman–Crippen MR) is 265 cm³/mol. The third-order valence-corrected chi connectivity index (χ3v) is 10.7. The van der Waals surface area contributed by atoms with Gasteiger partial charge in [-0.05, 0) is 0 Å². The molecular formula is C50H60Fe8N10O40. The molecule has 50 nitrogen and oxygen atoms in total. The number of rotatable bonds is 55. The van der Waals surface area contributed by atoms with E-state index in [1.165, 1.54) is 0 Å². The van der Waals surface area contributed by atoms with E-state index in [1.54, 1.807) is 0 Å². The molecule has 0 bridgehead atoms. The van der Waals surface area contributed by atoms with Crippen molar-refractivity contribution in [2.45, 2.75) is 0 Å². The van der Waals surface area contributed by atoms with Crippen LogP contribution in [-0.2, 0) is 232 Å². The Kier molecular flexibility index (Phi) is 93.0. The zero-order valence-corrected chi connectivity index (χ0v) is 63.7. The van der Waals surface area contributed by atoms with Crippen LogP contribution in [0.2, 0.25) is 0 Å². The van der Waals surface area contributed by atoms with E-state index in [9.17, 15) is 198 Å². The normalized spacial score (nSPS) is 9.91. The van der Waals surface area contributed by atoms with Gasteiger partial charge in [0.2, 0.25) is 0 Å². The van der Waals surface area contributed by atoms with Crippen molar-refractivity contribution in [1.82, 2.24) is 49.0 Å². The van der Waals surface area contributed by atoms with E-state index in [1.807, 2.05) is 0 Å². The van der Waals surface area contributed by atoms with Crippen molar-refractivity contribution in [3.63, 3.8) is 0 Å². The van der Waals surface area contributed by atoms with Gasteiger partial charge < -0.3 is 198 Å². The molecule has 0 saturated heterocycles. The third-order valence-electron chi connectivity index (χ3n) is 10.7. The molecule has 0 rings (SSSR count). The average molecular weight is 1890 g/mol. The molecule has 0 amide bonds. The van der Waals surface area contributed by atoms with E-state index < -0.39 is 250 Å². The van der Waals surface area contributed by atoms with Gasteiger partial charge in [-0.15, -0.1) is 0 Å². The van der Waals surface area contributed by atoms with E-state index in [4.69, 9.17) is 0 Å². The number of nitrogens with zero attached hydrogens (tertiary/aromatic N) is 10. The van der Waals surface area contributed by atoms with Crippen LogP contribution in [0.1, 0.15) is 0 Å². The fourth-order valence-corrected chi connectivity index (χ4v) is 7.21. The van der Waals surface area contributed by atoms with Crippen LogP contribution < -0.4 is 102 Å². The zero-order valence-electron chi connectivity index (χ0n) is 54.8. The van der Waals surface area contributed by atoms with Crippen LogP contribution in [0.15, 0.2) is 0 Å². The standard InChI is InChI=1S/5C10H16N2O8.8Fe/c5*13-7(14)3-11(4-8(15)16)1-2-12(5-9(17)18)6-10(19)20;;;;;;;;/h5*1-6H2,(H,13,14)(H,15,16)(H,17,18)(H,19,20);;;;;;;;/q;;;;;4*+2;4*+3/p-20. The average Bonchev–Trinajstić information content (AvgIpc) is 0.964. The monoisotopic (exact) mass is 1890 g/mol. The molecule has 0 heterocycles. The number of carbonyl (C=O) groups is 20. The molecule has 0 fully saturated rings. The quantitative estimate of drug-likeness (QED) is 0.0510. The summed E-state index contributed by atoms with van der Waals surface area (Å²) >= 11 is 0. The van der Waals surface area contributed by atoms with Crippen LogP contribution in [0.25, 0.3) is 0 Å². The minimum atomic E-state index is -1.53. The zero-order chi connectivity index (χ0) is 78.5. The SMILES string of the molecule is O=C([O-])CN(CCN(CC(=O)[O-])CC(=O)[O-])CC(=O)[O-].O=C([O-])CN(CCN(CC(=O)[O-])CC(=O)[O-])CC(=O)[O-].O=C([O-])CN(CCN(CC(=O)[O-])CC(=O)[O-])CC(=O)[O-].O=C([O-])CN(CCN(CC(=O)[O-])CC(=O)[O-])CC(=O)[O-].O=C([O-])CN(CCN(CC(=O)[O-])CC(=O)[O-])CC(=O)[O-].[Fe+2].[Fe+2].[Fe+2].[Fe+2].[Fe+3].[Fe+3].[Fe+3].[Fe+3]. The molecule has 0 aliphatic carbocycles. The maximum Gasteiger partial charge on any atom is 3.00 e. The number of hydrogen-bond acceptors (Lipinski definition) is 50. The van der Waals surface area contributed by atoms with Crippen LogP contribution in [0.4, 0.5) is 0 Å². The maximum atomic E-state index is 10.4. The minimum Gasteiger partial charge on any atom is -0.549 e. The van der Waals surface area contributed by atoms with E-state index in [-0.39, 0.29) is 202 Å². The van der Waals surface area contributed by atoms with E-state index >= 15 is 0 Å². The summed E-state index contributed by atoms with van der Waals surface area (Å²) in [5.41, 5.74) is 0. The van der Waals surface area contributed by atoms with Crippen molar-refractivity contribution in [1.29, 1.82) is 0 Å². The van der Waals surface area contributed by atoms with E-state index in [0.717, 1.165) is 49.0 Å². The van der Waals surface area contributed by atoms with Gasteiger partial charge in [0, 0.05) is 196 Å². The molecule has 0 aromatic heterocycles. The smallest absolute Gasteiger partial charge is 0.549 e. The summed E-state index contributed by atoms with van der Waals surface area (Å²) in [5, 5.41) is 208. The number of aliphatic carboxylic acids is 20. The van der Waals surface area contributed by atoms with Crippen molar-refractivity contribution >= 4 is 119 Å². The van der Waals surface area contributed by atoms with Gasteiger partial charge in [0.15, 0.2) is 0 Å². The molecule has 0 saturated carbocycles. The van der Waals surface area contributed by atoms with Crippen molar-refractivity contribution in [2.24, 2.45) is 0 Å². The van der Waals surface area contributed by atoms with E-state index in [2.05, 4.69) is 0 Å². The molecule has 614 valence electrons. The van der Waals surface area contributed by atoms with Crippen LogP contribution in [0.5, 0.6) is 0 Å². The van der Waals surface area contributed by atoms with Gasteiger partial charge in [0.05, 0.1) is 119 Å². The first kappa shape index (κ1) is 131. The van der Waals surface area contributed by atoms with Gasteiger partial charge in [-0.2, -0.15) is 0 Å². The second-order valence-electron chi connectivity index (χ2n) is 19.5. The van der Waals surface area contributed by atoms with Crippen molar-refractivity contribution < 1.29 is 335 Å². The Morgan fingerprint density at radius 1 is 0.120 bits per heavy atom. The molecule has 0 aliphatic rings. The Morgan fingerprint density at radius 3 is 0.185 bits per heavy atom. The fraction of sp³-hybridized carbons (Fsp3) is 0.600. The summed E-state index contributed by atoms with van der Waals surface area (Å²) in [5.74, 6) is -30.6. The van der Waals surface area contributed by atoms with Gasteiger partial charge in [-0.3, -0.25) is 49.0 Å². The van der Waals surface area contributed by atoms with Crippen LogP contribution in [0, 0.1) is 0 Å². The van der Waals surface area contributed by atoms with Gasteiger partial charge in [-0.1, -0.05) is 0 Å². The second-order valence-corrected chi connectivity index (χ2v) is 19.5. The van der Waals surface area contributed by atoms with Gasteiger partial charge in [0.1, 0.15) is 0 Å². The first-order chi connectivity index (χ1) is 46.0. The summed E-state index contributed by atoms with van der Waals surface area (Å²) in [4.78, 5) is 217. The largest absolute Gasteiger partial charge is 3.00 e. The predicted octanol–water partition coefficient (Wildman–Crippen LogP) is -37.1. The molecule has 0 aromatic rings. The molecule has 0 aromatic carbocycles. The van der Waals surface area contributed by atoms with Crippen LogP contribution >= 0.6 is 0 Å². The molecular weight excluding hydrogens is 1830 g/mol. The summed E-state index contributed by atoms with van der Waals surface area (Å²) in [6.07, 6.45) is 0. The van der Waals surface area contributed by atoms with Gasteiger partial charge in [-0.25, -0.2) is 0 Å². The topological polar surface area (TPSA) is 835 Å². The minimum absolute atomic E-state index is 0. The number of carboxylic acids is 20. The first-order valence-electron chi connectivity index (χ1n) is 27.2. The molecule has 58 heteroatoms. The third kappa shape index (κ3) is 99.2. The molecule has 0 aliphatic heterocycles. The number of carbonyl (C=O) groups excluding carboxylic acids is 20. The van der Waals surface area contributed by atoms with Crippen molar-refractivity contribution in [3.8, 4) is 0 Å². The van der Waals surface area contributed by atoms with Crippen molar-refractivity contribution in [2.75, 3.05) is 196 Å². The number of carboxylic acid groups (broad SMARTS) is 20. The second kappa shape index (κ2) is 76.9. The molecule has 0 atom stereocenters. The van der Waals surface area contributed by atoms with E-state index in [0.29, 0.717) is 0 Å². The maximum absolute atomic E-state index is 10.4. The number of hydrogen-bond donors (Lipinski definition) is 0. The first-order valence-corrected chi connectivity index (χ1v) is 27.2. The van der Waals surface area contributed by atoms with Gasteiger partial charge >= 0.3 is 137 Å². The Hall–Kier alpha value is -6.84.